The summed E-state index contributed by atoms with van der Waals surface area (Å²) in [5.74, 6) is 1.76. The zero-order chi connectivity index (χ0) is 12.8. The van der Waals surface area contributed by atoms with Crippen LogP contribution in [-0.4, -0.2) is 24.5 Å². The molecule has 0 spiro atoms. The molecule has 0 aromatic carbocycles. The molecule has 0 heterocycles. The SMILES string of the molecule is CCC(C)NC(=O)C(C)NCC1CCC(C)C1. The summed E-state index contributed by atoms with van der Waals surface area (Å²) in [7, 11) is 0. The summed E-state index contributed by atoms with van der Waals surface area (Å²) in [5.41, 5.74) is 0. The van der Waals surface area contributed by atoms with Gasteiger partial charge in [0.05, 0.1) is 6.04 Å². The molecule has 1 rings (SSSR count). The fourth-order valence-corrected chi connectivity index (χ4v) is 2.42. The normalized spacial score (nSPS) is 27.8. The van der Waals surface area contributed by atoms with Gasteiger partial charge in [0, 0.05) is 6.04 Å². The zero-order valence-electron chi connectivity index (χ0n) is 11.8. The minimum absolute atomic E-state index is 0.0695. The van der Waals surface area contributed by atoms with Crippen LogP contribution in [0.1, 0.15) is 53.4 Å². The molecule has 0 saturated heterocycles. The average molecular weight is 240 g/mol. The summed E-state index contributed by atoms with van der Waals surface area (Å²) in [6.07, 6.45) is 4.96. The predicted molar refractivity (Wildman–Crippen MR) is 71.9 cm³/mol. The maximum Gasteiger partial charge on any atom is 0.237 e. The van der Waals surface area contributed by atoms with E-state index >= 15 is 0 Å². The van der Waals surface area contributed by atoms with Gasteiger partial charge in [-0.1, -0.05) is 20.3 Å². The molecule has 4 unspecified atom stereocenters. The first-order valence-corrected chi connectivity index (χ1v) is 7.06. The summed E-state index contributed by atoms with van der Waals surface area (Å²) in [6.45, 7) is 9.39. The van der Waals surface area contributed by atoms with Crippen molar-refractivity contribution in [3.63, 3.8) is 0 Å². The quantitative estimate of drug-likeness (QED) is 0.748. The van der Waals surface area contributed by atoms with E-state index in [1.165, 1.54) is 19.3 Å². The van der Waals surface area contributed by atoms with Gasteiger partial charge in [0.1, 0.15) is 0 Å². The molecule has 3 heteroatoms. The summed E-state index contributed by atoms with van der Waals surface area (Å²) < 4.78 is 0. The highest BCUT2D eigenvalue weighted by atomic mass is 16.2. The van der Waals surface area contributed by atoms with Crippen LogP contribution in [0.3, 0.4) is 0 Å². The van der Waals surface area contributed by atoms with Crippen LogP contribution >= 0.6 is 0 Å². The molecule has 1 amide bonds. The molecule has 0 aliphatic heterocycles. The molecule has 3 nitrogen and oxygen atoms in total. The van der Waals surface area contributed by atoms with E-state index < -0.39 is 0 Å². The first-order chi connectivity index (χ1) is 8.02. The van der Waals surface area contributed by atoms with Gasteiger partial charge in [-0.15, -0.1) is 0 Å². The number of amides is 1. The van der Waals surface area contributed by atoms with Crippen molar-refractivity contribution in [2.24, 2.45) is 11.8 Å². The topological polar surface area (TPSA) is 41.1 Å². The maximum atomic E-state index is 11.8. The number of hydrogen-bond acceptors (Lipinski definition) is 2. The third-order valence-electron chi connectivity index (χ3n) is 3.91. The van der Waals surface area contributed by atoms with Crippen LogP contribution in [0.5, 0.6) is 0 Å². The standard InChI is InChI=1S/C14H28N2O/c1-5-11(3)16-14(17)12(4)15-9-13-7-6-10(2)8-13/h10-13,15H,5-9H2,1-4H3,(H,16,17). The van der Waals surface area contributed by atoms with Crippen molar-refractivity contribution in [3.05, 3.63) is 0 Å². The van der Waals surface area contributed by atoms with Crippen molar-refractivity contribution in [2.75, 3.05) is 6.54 Å². The smallest absolute Gasteiger partial charge is 0.237 e. The molecule has 0 aromatic rings. The van der Waals surface area contributed by atoms with Crippen LogP contribution in [0.2, 0.25) is 0 Å². The van der Waals surface area contributed by atoms with Gasteiger partial charge in [0.2, 0.25) is 5.91 Å². The lowest BCUT2D eigenvalue weighted by atomic mass is 10.1. The van der Waals surface area contributed by atoms with Gasteiger partial charge < -0.3 is 10.6 Å². The van der Waals surface area contributed by atoms with Crippen molar-refractivity contribution in [3.8, 4) is 0 Å². The number of rotatable bonds is 6. The van der Waals surface area contributed by atoms with Crippen LogP contribution in [0.15, 0.2) is 0 Å². The lowest BCUT2D eigenvalue weighted by Gasteiger charge is -2.19. The van der Waals surface area contributed by atoms with Crippen LogP contribution in [0, 0.1) is 11.8 Å². The van der Waals surface area contributed by atoms with Crippen molar-refractivity contribution < 1.29 is 4.79 Å². The predicted octanol–water partition coefficient (Wildman–Crippen LogP) is 2.32. The number of carbonyl (C=O) groups is 1. The second kappa shape index (κ2) is 7.00. The first kappa shape index (κ1) is 14.5. The van der Waals surface area contributed by atoms with E-state index in [0.29, 0.717) is 0 Å². The van der Waals surface area contributed by atoms with E-state index in [-0.39, 0.29) is 18.0 Å². The monoisotopic (exact) mass is 240 g/mol. The number of nitrogens with one attached hydrogen (secondary N) is 2. The average Bonchev–Trinajstić information content (AvgIpc) is 2.71. The second-order valence-electron chi connectivity index (χ2n) is 5.73. The first-order valence-electron chi connectivity index (χ1n) is 7.06. The summed E-state index contributed by atoms with van der Waals surface area (Å²) >= 11 is 0. The molecule has 2 N–H and O–H groups in total. The van der Waals surface area contributed by atoms with Crippen LogP contribution in [-0.2, 0) is 4.79 Å². The molecule has 0 radical (unpaired) electrons. The van der Waals surface area contributed by atoms with Crippen molar-refractivity contribution in [1.29, 1.82) is 0 Å². The number of hydrogen-bond donors (Lipinski definition) is 2. The van der Waals surface area contributed by atoms with E-state index in [1.54, 1.807) is 0 Å². The third kappa shape index (κ3) is 5.07. The molecule has 0 aromatic heterocycles. The van der Waals surface area contributed by atoms with E-state index in [9.17, 15) is 4.79 Å². The zero-order valence-corrected chi connectivity index (χ0v) is 11.8. The summed E-state index contributed by atoms with van der Waals surface area (Å²) in [5, 5.41) is 6.37. The van der Waals surface area contributed by atoms with E-state index in [2.05, 4.69) is 24.5 Å². The maximum absolute atomic E-state index is 11.8. The highest BCUT2D eigenvalue weighted by Crippen LogP contribution is 2.29. The Kier molecular flexibility index (Phi) is 5.96. The van der Waals surface area contributed by atoms with Crippen molar-refractivity contribution >= 4 is 5.91 Å². The molecule has 1 aliphatic carbocycles. The Morgan fingerprint density at radius 1 is 1.35 bits per heavy atom. The van der Waals surface area contributed by atoms with Crippen LogP contribution < -0.4 is 10.6 Å². The third-order valence-corrected chi connectivity index (χ3v) is 3.91. The molecule has 100 valence electrons. The Bertz CT molecular complexity index is 242. The summed E-state index contributed by atoms with van der Waals surface area (Å²) in [6, 6.07) is 0.207. The Morgan fingerprint density at radius 3 is 2.59 bits per heavy atom. The molecule has 1 saturated carbocycles. The molecule has 17 heavy (non-hydrogen) atoms. The van der Waals surface area contributed by atoms with Gasteiger partial charge >= 0.3 is 0 Å². The van der Waals surface area contributed by atoms with Gasteiger partial charge in [0.15, 0.2) is 0 Å². The largest absolute Gasteiger partial charge is 0.352 e. The minimum atomic E-state index is -0.0695. The second-order valence-corrected chi connectivity index (χ2v) is 5.73. The van der Waals surface area contributed by atoms with Crippen molar-refractivity contribution in [1.82, 2.24) is 10.6 Å². The molecule has 0 bridgehead atoms. The Labute approximate surface area is 106 Å². The van der Waals surface area contributed by atoms with Crippen LogP contribution in [0.25, 0.3) is 0 Å². The van der Waals surface area contributed by atoms with E-state index in [4.69, 9.17) is 0 Å². The van der Waals surface area contributed by atoms with Crippen molar-refractivity contribution in [2.45, 2.75) is 65.5 Å². The lowest BCUT2D eigenvalue weighted by molar-refractivity contribution is -0.123. The summed E-state index contributed by atoms with van der Waals surface area (Å²) in [4.78, 5) is 11.8. The Hall–Kier alpha value is -0.570. The lowest BCUT2D eigenvalue weighted by Crippen LogP contribution is -2.46. The molecular formula is C14H28N2O. The van der Waals surface area contributed by atoms with Gasteiger partial charge in [-0.05, 0) is 51.5 Å². The molecular weight excluding hydrogens is 212 g/mol. The van der Waals surface area contributed by atoms with Gasteiger partial charge in [-0.25, -0.2) is 0 Å². The Morgan fingerprint density at radius 2 is 2.06 bits per heavy atom. The fraction of sp³-hybridized carbons (Fsp3) is 0.929. The molecule has 1 aliphatic rings. The highest BCUT2D eigenvalue weighted by Gasteiger charge is 2.22. The van der Waals surface area contributed by atoms with Gasteiger partial charge in [-0.3, -0.25) is 4.79 Å². The number of carbonyl (C=O) groups excluding carboxylic acids is 1. The molecule has 4 atom stereocenters. The van der Waals surface area contributed by atoms with Gasteiger partial charge in [0.25, 0.3) is 0 Å². The van der Waals surface area contributed by atoms with Gasteiger partial charge in [-0.2, -0.15) is 0 Å². The fourth-order valence-electron chi connectivity index (χ4n) is 2.42. The van der Waals surface area contributed by atoms with Crippen LogP contribution in [0.4, 0.5) is 0 Å². The molecule has 1 fully saturated rings. The van der Waals surface area contributed by atoms with E-state index in [1.807, 2.05) is 13.8 Å². The minimum Gasteiger partial charge on any atom is -0.352 e. The Balaban J connectivity index is 2.19. The van der Waals surface area contributed by atoms with E-state index in [0.717, 1.165) is 24.8 Å². The highest BCUT2D eigenvalue weighted by molar-refractivity contribution is 5.81.